The largest absolute Gasteiger partial charge is 0.339 e. The van der Waals surface area contributed by atoms with Gasteiger partial charge in [-0.2, -0.15) is 0 Å². The van der Waals surface area contributed by atoms with Gasteiger partial charge >= 0.3 is 6.03 Å². The number of amides is 3. The molecule has 3 aromatic carbocycles. The van der Waals surface area contributed by atoms with Gasteiger partial charge in [0.05, 0.1) is 5.52 Å². The molecule has 2 aromatic heterocycles. The highest BCUT2D eigenvalue weighted by Gasteiger charge is 2.29. The molecule has 1 saturated heterocycles. The van der Waals surface area contributed by atoms with E-state index in [1.54, 1.807) is 11.8 Å². The molecule has 46 heavy (non-hydrogen) atoms. The molecule has 1 aliphatic rings. The first-order chi connectivity index (χ1) is 22.4. The standard InChI is InChI=1S/C35H38ClN7O2S/c1-24-14-15-30-29(19-24)32-33(43(30)23-27-11-8-12-28(36)20-27)38-34(40-39-32)46-18-7-6-13-31(44)41-16-17-42(25(2)22-41)35(45)37-21-26-9-4-3-5-10-26/h3-5,8-12,14-15,19-20,25H,6-7,13,16-18,21-23H2,1-2H3,(H,37,45). The van der Waals surface area contributed by atoms with Gasteiger partial charge < -0.3 is 19.7 Å². The number of aromatic nitrogens is 4. The minimum absolute atomic E-state index is 0.0398. The molecular formula is C35H38ClN7O2S. The molecule has 3 heterocycles. The quantitative estimate of drug-likeness (QED) is 0.133. The van der Waals surface area contributed by atoms with E-state index >= 15 is 0 Å². The first-order valence-electron chi connectivity index (χ1n) is 15.7. The zero-order valence-corrected chi connectivity index (χ0v) is 27.7. The number of urea groups is 1. The number of nitrogens with one attached hydrogen (secondary N) is 1. The van der Waals surface area contributed by atoms with E-state index in [0.29, 0.717) is 49.3 Å². The lowest BCUT2D eigenvalue weighted by atomic mass is 10.1. The smallest absolute Gasteiger partial charge is 0.318 e. The summed E-state index contributed by atoms with van der Waals surface area (Å²) in [6.07, 6.45) is 2.13. The molecule has 3 amide bonds. The first-order valence-corrected chi connectivity index (χ1v) is 17.1. The molecule has 0 bridgehead atoms. The number of carbonyl (C=O) groups excluding carboxylic acids is 2. The molecule has 0 aliphatic carbocycles. The van der Waals surface area contributed by atoms with Crippen LogP contribution in [0.4, 0.5) is 4.79 Å². The molecule has 238 valence electrons. The van der Waals surface area contributed by atoms with Gasteiger partial charge in [0.25, 0.3) is 0 Å². The topological polar surface area (TPSA) is 96.2 Å². The van der Waals surface area contributed by atoms with Gasteiger partial charge in [-0.1, -0.05) is 77.5 Å². The summed E-state index contributed by atoms with van der Waals surface area (Å²) in [5.74, 6) is 0.932. The van der Waals surface area contributed by atoms with E-state index in [2.05, 4.69) is 51.3 Å². The second-order valence-electron chi connectivity index (χ2n) is 11.8. The molecule has 5 aromatic rings. The van der Waals surface area contributed by atoms with Gasteiger partial charge in [-0.05, 0) is 62.1 Å². The summed E-state index contributed by atoms with van der Waals surface area (Å²) in [6, 6.07) is 24.0. The molecule has 1 atom stereocenters. The Hall–Kier alpha value is -4.15. The van der Waals surface area contributed by atoms with E-state index in [9.17, 15) is 9.59 Å². The zero-order valence-electron chi connectivity index (χ0n) is 26.2. The number of carbonyl (C=O) groups is 2. The molecular weight excluding hydrogens is 618 g/mol. The monoisotopic (exact) mass is 655 g/mol. The van der Waals surface area contributed by atoms with Crippen LogP contribution in [0.25, 0.3) is 22.1 Å². The van der Waals surface area contributed by atoms with Crippen LogP contribution in [0, 0.1) is 6.92 Å². The van der Waals surface area contributed by atoms with Crippen LogP contribution in [0.2, 0.25) is 5.02 Å². The van der Waals surface area contributed by atoms with Crippen LogP contribution < -0.4 is 5.32 Å². The van der Waals surface area contributed by atoms with E-state index in [-0.39, 0.29) is 18.0 Å². The molecule has 0 saturated carbocycles. The molecule has 11 heteroatoms. The summed E-state index contributed by atoms with van der Waals surface area (Å²) in [6.45, 7) is 6.82. The number of nitrogens with zero attached hydrogens (tertiary/aromatic N) is 6. The minimum Gasteiger partial charge on any atom is -0.339 e. The van der Waals surface area contributed by atoms with E-state index in [1.165, 1.54) is 0 Å². The second kappa shape index (κ2) is 14.5. The highest BCUT2D eigenvalue weighted by Crippen LogP contribution is 2.29. The Morgan fingerprint density at radius 2 is 1.80 bits per heavy atom. The van der Waals surface area contributed by atoms with E-state index in [4.69, 9.17) is 16.6 Å². The van der Waals surface area contributed by atoms with Crippen LogP contribution in [0.5, 0.6) is 0 Å². The van der Waals surface area contributed by atoms with Gasteiger partial charge in [-0.25, -0.2) is 9.78 Å². The van der Waals surface area contributed by atoms with Crippen molar-refractivity contribution in [2.24, 2.45) is 0 Å². The molecule has 0 radical (unpaired) electrons. The summed E-state index contributed by atoms with van der Waals surface area (Å²) in [5.41, 5.74) is 5.96. The van der Waals surface area contributed by atoms with Gasteiger partial charge in [0.1, 0.15) is 5.52 Å². The van der Waals surface area contributed by atoms with Crippen LogP contribution in [0.1, 0.15) is 42.9 Å². The Morgan fingerprint density at radius 3 is 2.61 bits per heavy atom. The summed E-state index contributed by atoms with van der Waals surface area (Å²) in [5, 5.41) is 14.4. The highest BCUT2D eigenvalue weighted by atomic mass is 35.5. The molecule has 0 spiro atoms. The van der Waals surface area contributed by atoms with Gasteiger partial charge in [0.15, 0.2) is 5.65 Å². The predicted molar refractivity (Wildman–Crippen MR) is 184 cm³/mol. The molecule has 9 nitrogen and oxygen atoms in total. The maximum atomic E-state index is 13.0. The Kier molecular flexibility index (Phi) is 10.0. The van der Waals surface area contributed by atoms with Crippen molar-refractivity contribution in [1.29, 1.82) is 0 Å². The van der Waals surface area contributed by atoms with Crippen LogP contribution in [0.3, 0.4) is 0 Å². The third kappa shape index (κ3) is 7.45. The van der Waals surface area contributed by atoms with Crippen molar-refractivity contribution >= 4 is 57.4 Å². The SMILES string of the molecule is Cc1ccc2c(c1)c1nnc(SCCCCC(=O)N3CCN(C(=O)NCc4ccccc4)C(C)C3)nc1n2Cc1cccc(Cl)c1. The van der Waals surface area contributed by atoms with E-state index in [1.807, 2.05) is 65.3 Å². The Labute approximate surface area is 278 Å². The first kappa shape index (κ1) is 31.8. The van der Waals surface area contributed by atoms with Crippen LogP contribution in [-0.2, 0) is 17.9 Å². The van der Waals surface area contributed by atoms with Crippen molar-refractivity contribution in [2.45, 2.75) is 57.4 Å². The number of benzene rings is 3. The summed E-state index contributed by atoms with van der Waals surface area (Å²) < 4.78 is 2.18. The summed E-state index contributed by atoms with van der Waals surface area (Å²) in [4.78, 5) is 34.4. The average Bonchev–Trinajstić information content (AvgIpc) is 3.35. The van der Waals surface area contributed by atoms with Crippen molar-refractivity contribution in [1.82, 2.24) is 34.9 Å². The third-order valence-corrected chi connectivity index (χ3v) is 9.54. The van der Waals surface area contributed by atoms with Crippen molar-refractivity contribution in [3.05, 3.63) is 94.5 Å². The van der Waals surface area contributed by atoms with Crippen molar-refractivity contribution in [3.8, 4) is 0 Å². The van der Waals surface area contributed by atoms with Crippen LogP contribution in [-0.4, -0.2) is 72.9 Å². The fourth-order valence-corrected chi connectivity index (χ4v) is 6.95. The number of unbranched alkanes of at least 4 members (excludes halogenated alkanes) is 1. The summed E-state index contributed by atoms with van der Waals surface area (Å²) in [7, 11) is 0. The Balaban J connectivity index is 1.00. The predicted octanol–water partition coefficient (Wildman–Crippen LogP) is 6.69. The highest BCUT2D eigenvalue weighted by molar-refractivity contribution is 7.99. The maximum Gasteiger partial charge on any atom is 0.318 e. The van der Waals surface area contributed by atoms with E-state index < -0.39 is 0 Å². The molecule has 1 fully saturated rings. The lowest BCUT2D eigenvalue weighted by Gasteiger charge is -2.39. The maximum absolute atomic E-state index is 13.0. The molecule has 1 unspecified atom stereocenters. The normalized spacial score (nSPS) is 15.1. The Morgan fingerprint density at radius 1 is 0.978 bits per heavy atom. The zero-order chi connectivity index (χ0) is 32.0. The molecule has 1 N–H and O–H groups in total. The Bertz CT molecular complexity index is 1850. The molecule has 1 aliphatic heterocycles. The van der Waals surface area contributed by atoms with Crippen molar-refractivity contribution in [2.75, 3.05) is 25.4 Å². The average molecular weight is 656 g/mol. The van der Waals surface area contributed by atoms with Gasteiger partial charge in [-0.3, -0.25) is 4.79 Å². The van der Waals surface area contributed by atoms with Gasteiger partial charge in [-0.15, -0.1) is 10.2 Å². The van der Waals surface area contributed by atoms with Crippen LogP contribution in [0.15, 0.2) is 78.0 Å². The number of hydrogen-bond donors (Lipinski definition) is 1. The lowest BCUT2D eigenvalue weighted by molar-refractivity contribution is -0.133. The van der Waals surface area contributed by atoms with Gasteiger partial charge in [0.2, 0.25) is 11.1 Å². The summed E-state index contributed by atoms with van der Waals surface area (Å²) >= 11 is 7.84. The number of hydrogen-bond acceptors (Lipinski definition) is 6. The van der Waals surface area contributed by atoms with E-state index in [0.717, 1.165) is 57.4 Å². The fraction of sp³-hybridized carbons (Fsp3) is 0.343. The number of aryl methyl sites for hydroxylation is 1. The number of halogens is 1. The molecule has 6 rings (SSSR count). The number of thioether (sulfide) groups is 1. The van der Waals surface area contributed by atoms with Crippen LogP contribution >= 0.6 is 23.4 Å². The number of fused-ring (bicyclic) bond motifs is 3. The number of piperazine rings is 1. The van der Waals surface area contributed by atoms with Crippen molar-refractivity contribution in [3.63, 3.8) is 0 Å². The van der Waals surface area contributed by atoms with Gasteiger partial charge in [0, 0.05) is 61.3 Å². The second-order valence-corrected chi connectivity index (χ2v) is 13.3. The minimum atomic E-state index is -0.0877. The number of rotatable bonds is 10. The van der Waals surface area contributed by atoms with Crippen molar-refractivity contribution < 1.29 is 9.59 Å². The fourth-order valence-electron chi connectivity index (χ4n) is 5.95. The lowest BCUT2D eigenvalue weighted by Crippen LogP contribution is -2.57. The third-order valence-electron chi connectivity index (χ3n) is 8.38.